The molecule has 278 valence electrons. The summed E-state index contributed by atoms with van der Waals surface area (Å²) in [5, 5.41) is 17.1. The number of fused-ring (bicyclic) bond motifs is 3. The molecule has 0 bridgehead atoms. The molecule has 0 amide bonds. The predicted molar refractivity (Wildman–Crippen MR) is 241 cm³/mol. The van der Waals surface area contributed by atoms with Gasteiger partial charge in [0, 0.05) is 30.6 Å². The van der Waals surface area contributed by atoms with E-state index < -0.39 is 0 Å². The fraction of sp³-hybridized carbons (Fsp3) is 0.148. The van der Waals surface area contributed by atoms with Crippen molar-refractivity contribution in [3.8, 4) is 0 Å². The number of nitrogens with zero attached hydrogens (tertiary/aromatic N) is 2. The summed E-state index contributed by atoms with van der Waals surface area (Å²) < 4.78 is 0. The molecule has 3 nitrogen and oxygen atoms in total. The predicted octanol–water partition coefficient (Wildman–Crippen LogP) is 11.4. The second-order valence-electron chi connectivity index (χ2n) is 15.8. The van der Waals surface area contributed by atoms with Gasteiger partial charge in [0.2, 0.25) is 0 Å². The van der Waals surface area contributed by atoms with Gasteiger partial charge in [-0.1, -0.05) is 157 Å². The van der Waals surface area contributed by atoms with Crippen LogP contribution in [0.2, 0.25) is 0 Å². The Bertz CT molecular complexity index is 2900. The Hall–Kier alpha value is -6.58. The largest absolute Gasteiger partial charge is 0.355 e. The highest BCUT2D eigenvalue weighted by Crippen LogP contribution is 2.34. The molecule has 0 saturated heterocycles. The van der Waals surface area contributed by atoms with Gasteiger partial charge in [0.15, 0.2) is 5.84 Å². The molecule has 0 radical (unpaired) electrons. The van der Waals surface area contributed by atoms with Crippen LogP contribution in [0.5, 0.6) is 0 Å². The molecule has 7 aromatic rings. The van der Waals surface area contributed by atoms with Crippen molar-refractivity contribution in [2.24, 2.45) is 4.99 Å². The Kier molecular flexibility index (Phi) is 9.82. The maximum absolute atomic E-state index is 9.74. The first-order valence-corrected chi connectivity index (χ1v) is 20.1. The van der Waals surface area contributed by atoms with E-state index in [9.17, 15) is 5.41 Å². The minimum absolute atomic E-state index is 0.191. The number of hydrogen-bond donors (Lipinski definition) is 1. The summed E-state index contributed by atoms with van der Waals surface area (Å²) in [6.07, 6.45) is 12.2. The standard InChI is InChI=1S/C54H47N3/c1-36-27-37(2)29-47(28-36)41-21-23-42(24-22-41)48-32-49(52-18-10-16-43-13-8-9-17-51(43)52)34-50(33-48)53(55)56-54(46-26-25-40-12-5-7-15-45(40)31-46)57(3)35-38-19-20-39-11-4-6-14-44(39)30-38/h4-9,11-17,19-23,25-34,42,55H,10,18,24,35H2,1-3H3. The van der Waals surface area contributed by atoms with Crippen molar-refractivity contribution in [3.05, 3.63) is 219 Å². The zero-order valence-electron chi connectivity index (χ0n) is 33.0. The summed E-state index contributed by atoms with van der Waals surface area (Å²) in [6, 6.07) is 52.4. The van der Waals surface area contributed by atoms with Gasteiger partial charge in [0.25, 0.3) is 0 Å². The molecule has 0 aliphatic heterocycles. The van der Waals surface area contributed by atoms with E-state index in [1.807, 2.05) is 0 Å². The third-order valence-corrected chi connectivity index (χ3v) is 11.5. The Morgan fingerprint density at radius 3 is 2.12 bits per heavy atom. The van der Waals surface area contributed by atoms with Crippen LogP contribution in [0.3, 0.4) is 0 Å². The molecule has 0 saturated carbocycles. The van der Waals surface area contributed by atoms with Crippen LogP contribution in [-0.4, -0.2) is 23.6 Å². The van der Waals surface area contributed by atoms with Gasteiger partial charge in [0.1, 0.15) is 5.84 Å². The van der Waals surface area contributed by atoms with Crippen LogP contribution in [-0.2, 0) is 6.54 Å². The molecule has 3 heteroatoms. The third kappa shape index (κ3) is 7.66. The lowest BCUT2D eigenvalue weighted by Gasteiger charge is -2.23. The first-order chi connectivity index (χ1) is 27.8. The summed E-state index contributed by atoms with van der Waals surface area (Å²) in [6.45, 7) is 4.99. The average molecular weight is 738 g/mol. The van der Waals surface area contributed by atoms with Gasteiger partial charge in [-0.15, -0.1) is 0 Å². The fourth-order valence-corrected chi connectivity index (χ4v) is 8.71. The van der Waals surface area contributed by atoms with E-state index in [0.717, 1.165) is 41.6 Å². The van der Waals surface area contributed by atoms with E-state index in [-0.39, 0.29) is 11.8 Å². The first kappa shape index (κ1) is 36.1. The Balaban J connectivity index is 1.13. The normalized spacial score (nSPS) is 15.3. The van der Waals surface area contributed by atoms with E-state index in [4.69, 9.17) is 4.99 Å². The highest BCUT2D eigenvalue weighted by molar-refractivity contribution is 6.11. The maximum Gasteiger partial charge on any atom is 0.154 e. The molecule has 1 unspecified atom stereocenters. The molecule has 2 aliphatic carbocycles. The van der Waals surface area contributed by atoms with Gasteiger partial charge < -0.3 is 4.90 Å². The molecule has 7 aromatic carbocycles. The van der Waals surface area contributed by atoms with E-state index in [0.29, 0.717) is 6.54 Å². The van der Waals surface area contributed by atoms with Gasteiger partial charge in [-0.2, -0.15) is 0 Å². The Morgan fingerprint density at radius 1 is 0.667 bits per heavy atom. The molecule has 57 heavy (non-hydrogen) atoms. The van der Waals surface area contributed by atoms with Crippen LogP contribution in [0, 0.1) is 19.3 Å². The van der Waals surface area contributed by atoms with Crippen LogP contribution in [0.4, 0.5) is 0 Å². The van der Waals surface area contributed by atoms with Crippen molar-refractivity contribution in [2.45, 2.75) is 45.6 Å². The number of aliphatic imine (C=N–C) groups is 1. The summed E-state index contributed by atoms with van der Waals surface area (Å²) in [5.74, 6) is 1.22. The molecule has 0 aromatic heterocycles. The molecular formula is C54H47N3. The molecule has 2 aliphatic rings. The highest BCUT2D eigenvalue weighted by Gasteiger charge is 2.19. The second-order valence-corrected chi connectivity index (χ2v) is 15.8. The van der Waals surface area contributed by atoms with Gasteiger partial charge in [-0.3, -0.25) is 5.41 Å². The highest BCUT2D eigenvalue weighted by atomic mass is 15.2. The minimum Gasteiger partial charge on any atom is -0.355 e. The molecule has 0 heterocycles. The number of allylic oxidation sites excluding steroid dienone is 4. The van der Waals surface area contributed by atoms with Gasteiger partial charge in [-0.05, 0) is 123 Å². The van der Waals surface area contributed by atoms with E-state index in [2.05, 4.69) is 196 Å². The van der Waals surface area contributed by atoms with E-state index >= 15 is 0 Å². The van der Waals surface area contributed by atoms with Crippen LogP contribution in [0.1, 0.15) is 69.7 Å². The van der Waals surface area contributed by atoms with Gasteiger partial charge >= 0.3 is 0 Å². The number of amidine groups is 2. The van der Waals surface area contributed by atoms with E-state index in [1.165, 1.54) is 71.1 Å². The molecule has 0 fully saturated rings. The maximum atomic E-state index is 9.74. The van der Waals surface area contributed by atoms with Crippen LogP contribution in [0.15, 0.2) is 169 Å². The molecule has 0 spiro atoms. The Labute approximate surface area is 335 Å². The smallest absolute Gasteiger partial charge is 0.154 e. The summed E-state index contributed by atoms with van der Waals surface area (Å²) >= 11 is 0. The fourth-order valence-electron chi connectivity index (χ4n) is 8.71. The zero-order chi connectivity index (χ0) is 38.9. The number of rotatable bonds is 7. The van der Waals surface area contributed by atoms with Crippen molar-refractivity contribution in [1.82, 2.24) is 4.90 Å². The SMILES string of the molecule is Cc1cc(C)cc(C2=CCC(c3cc(C(=N)N=C(c4ccc5ccccc5c4)N(C)Cc4ccc5ccccc5c4)cc(C4=c5ccccc5=CCC4)c3)C=C2)c1. The van der Waals surface area contributed by atoms with E-state index in [1.54, 1.807) is 0 Å². The van der Waals surface area contributed by atoms with Gasteiger partial charge in [0.05, 0.1) is 0 Å². The van der Waals surface area contributed by atoms with Crippen LogP contribution >= 0.6 is 0 Å². The Morgan fingerprint density at radius 2 is 1.37 bits per heavy atom. The molecule has 9 rings (SSSR count). The number of nitrogens with one attached hydrogen (secondary N) is 1. The number of hydrogen-bond acceptors (Lipinski definition) is 1. The second kappa shape index (κ2) is 15.5. The lowest BCUT2D eigenvalue weighted by atomic mass is 9.84. The summed E-state index contributed by atoms with van der Waals surface area (Å²) in [5.41, 5.74) is 11.9. The molecule has 1 atom stereocenters. The monoisotopic (exact) mass is 737 g/mol. The lowest BCUT2D eigenvalue weighted by molar-refractivity contribution is 0.502. The van der Waals surface area contributed by atoms with Crippen molar-refractivity contribution < 1.29 is 0 Å². The minimum atomic E-state index is 0.191. The molecule has 1 N–H and O–H groups in total. The van der Waals surface area contributed by atoms with Crippen molar-refractivity contribution in [2.75, 3.05) is 7.05 Å². The average Bonchev–Trinajstić information content (AvgIpc) is 3.24. The van der Waals surface area contributed by atoms with Crippen LogP contribution in [0.25, 0.3) is 38.8 Å². The lowest BCUT2D eigenvalue weighted by Crippen LogP contribution is -2.29. The third-order valence-electron chi connectivity index (χ3n) is 11.5. The van der Waals surface area contributed by atoms with Crippen molar-refractivity contribution in [1.29, 1.82) is 5.41 Å². The number of benzene rings is 7. The quantitative estimate of drug-likeness (QED) is 0.128. The van der Waals surface area contributed by atoms with Crippen molar-refractivity contribution >= 4 is 50.4 Å². The van der Waals surface area contributed by atoms with Gasteiger partial charge in [-0.25, -0.2) is 4.99 Å². The summed E-state index contributed by atoms with van der Waals surface area (Å²) in [7, 11) is 2.09. The van der Waals surface area contributed by atoms with Crippen LogP contribution < -0.4 is 10.4 Å². The topological polar surface area (TPSA) is 39.5 Å². The zero-order valence-corrected chi connectivity index (χ0v) is 33.0. The van der Waals surface area contributed by atoms with Crippen molar-refractivity contribution in [3.63, 3.8) is 0 Å². The first-order valence-electron chi connectivity index (χ1n) is 20.1. The number of aryl methyl sites for hydroxylation is 2. The molecular weight excluding hydrogens is 691 g/mol. The summed E-state index contributed by atoms with van der Waals surface area (Å²) in [4.78, 5) is 7.44.